The van der Waals surface area contributed by atoms with Crippen LogP contribution in [0.5, 0.6) is 0 Å². The molecule has 1 heterocycles. The van der Waals surface area contributed by atoms with Crippen molar-refractivity contribution in [1.82, 2.24) is 9.55 Å². The monoisotopic (exact) mass is 338 g/mol. The molecule has 0 saturated carbocycles. The Labute approximate surface area is 140 Å². The van der Waals surface area contributed by atoms with Crippen LogP contribution in [0.15, 0.2) is 58.1 Å². The quantitative estimate of drug-likeness (QED) is 0.637. The minimum absolute atomic E-state index is 0.270. The summed E-state index contributed by atoms with van der Waals surface area (Å²) < 4.78 is 1.18. The van der Waals surface area contributed by atoms with Crippen molar-refractivity contribution in [2.75, 3.05) is 5.32 Å². The van der Waals surface area contributed by atoms with Crippen LogP contribution >= 0.6 is 0 Å². The van der Waals surface area contributed by atoms with Crippen LogP contribution in [-0.2, 0) is 11.3 Å². The van der Waals surface area contributed by atoms with Gasteiger partial charge in [0.05, 0.1) is 10.9 Å². The summed E-state index contributed by atoms with van der Waals surface area (Å²) in [5.74, 6) is -1.02. The van der Waals surface area contributed by atoms with E-state index in [1.165, 1.54) is 28.8 Å². The number of carbonyl (C=O) groups excluding carboxylic acids is 2. The largest absolute Gasteiger partial charge is 0.366 e. The van der Waals surface area contributed by atoms with Gasteiger partial charge in [-0.15, -0.1) is 0 Å². The van der Waals surface area contributed by atoms with E-state index in [1.807, 2.05) is 0 Å². The highest BCUT2D eigenvalue weighted by Crippen LogP contribution is 2.10. The summed E-state index contributed by atoms with van der Waals surface area (Å²) in [5.41, 5.74) is 5.14. The number of amides is 2. The van der Waals surface area contributed by atoms with E-state index in [0.29, 0.717) is 22.2 Å². The number of nitrogens with zero attached hydrogens (tertiary/aromatic N) is 1. The van der Waals surface area contributed by atoms with Crippen LogP contribution in [0.1, 0.15) is 10.4 Å². The second kappa shape index (κ2) is 6.44. The average Bonchev–Trinajstić information content (AvgIpc) is 2.59. The number of aromatic nitrogens is 2. The zero-order valence-corrected chi connectivity index (χ0v) is 13.0. The Morgan fingerprint density at radius 2 is 1.72 bits per heavy atom. The standard InChI is InChI=1S/C17H14N4O4/c18-15(23)10-5-7-11(8-6-10)19-14(22)9-21-13-4-2-1-3-12(13)16(24)20-17(21)25/h1-8H,9H2,(H2,18,23)(H,19,22)(H,20,24,25). The van der Waals surface area contributed by atoms with Gasteiger partial charge in [0, 0.05) is 11.3 Å². The van der Waals surface area contributed by atoms with Crippen LogP contribution in [-0.4, -0.2) is 21.4 Å². The van der Waals surface area contributed by atoms with Crippen LogP contribution in [0, 0.1) is 0 Å². The Morgan fingerprint density at radius 1 is 1.04 bits per heavy atom. The van der Waals surface area contributed by atoms with E-state index in [1.54, 1.807) is 24.3 Å². The topological polar surface area (TPSA) is 127 Å². The molecule has 25 heavy (non-hydrogen) atoms. The SMILES string of the molecule is NC(=O)c1ccc(NC(=O)Cn2c(=O)[nH]c(=O)c3ccccc32)cc1. The lowest BCUT2D eigenvalue weighted by Gasteiger charge is -2.10. The van der Waals surface area contributed by atoms with Gasteiger partial charge in [0.2, 0.25) is 11.8 Å². The molecule has 2 aromatic carbocycles. The smallest absolute Gasteiger partial charge is 0.329 e. The fourth-order valence-electron chi connectivity index (χ4n) is 2.46. The average molecular weight is 338 g/mol. The molecule has 3 rings (SSSR count). The maximum atomic E-state index is 12.2. The molecule has 0 aliphatic carbocycles. The Bertz CT molecular complexity index is 1080. The number of anilines is 1. The van der Waals surface area contributed by atoms with E-state index in [2.05, 4.69) is 10.3 Å². The van der Waals surface area contributed by atoms with Gasteiger partial charge in [0.15, 0.2) is 0 Å². The lowest BCUT2D eigenvalue weighted by molar-refractivity contribution is -0.116. The van der Waals surface area contributed by atoms with Crippen molar-refractivity contribution in [2.24, 2.45) is 5.73 Å². The Hall–Kier alpha value is -3.68. The molecule has 0 fully saturated rings. The van der Waals surface area contributed by atoms with E-state index in [9.17, 15) is 19.2 Å². The van der Waals surface area contributed by atoms with Crippen LogP contribution in [0.3, 0.4) is 0 Å². The Morgan fingerprint density at radius 3 is 2.40 bits per heavy atom. The molecular formula is C17H14N4O4. The summed E-state index contributed by atoms with van der Waals surface area (Å²) in [5, 5.41) is 2.94. The molecule has 0 aliphatic rings. The number of fused-ring (bicyclic) bond motifs is 1. The molecule has 0 saturated heterocycles. The highest BCUT2D eigenvalue weighted by atomic mass is 16.2. The highest BCUT2D eigenvalue weighted by molar-refractivity contribution is 5.95. The van der Waals surface area contributed by atoms with Gasteiger partial charge in [-0.25, -0.2) is 4.79 Å². The third-order valence-electron chi connectivity index (χ3n) is 3.66. The minimum atomic E-state index is -0.664. The van der Waals surface area contributed by atoms with E-state index in [0.717, 1.165) is 0 Å². The van der Waals surface area contributed by atoms with Crippen molar-refractivity contribution in [3.63, 3.8) is 0 Å². The van der Waals surface area contributed by atoms with Crippen LogP contribution in [0.4, 0.5) is 5.69 Å². The first-order chi connectivity index (χ1) is 12.0. The van der Waals surface area contributed by atoms with Gasteiger partial charge < -0.3 is 11.1 Å². The number of nitrogens with two attached hydrogens (primary N) is 1. The van der Waals surface area contributed by atoms with Crippen molar-refractivity contribution < 1.29 is 9.59 Å². The fraction of sp³-hybridized carbons (Fsp3) is 0.0588. The number of hydrogen-bond donors (Lipinski definition) is 3. The van der Waals surface area contributed by atoms with Crippen LogP contribution < -0.4 is 22.3 Å². The molecule has 8 heteroatoms. The molecule has 0 aliphatic heterocycles. The van der Waals surface area contributed by atoms with E-state index in [4.69, 9.17) is 5.73 Å². The predicted octanol–water partition coefficient (Wildman–Crippen LogP) is 0.427. The summed E-state index contributed by atoms with van der Waals surface area (Å²) in [7, 11) is 0. The minimum Gasteiger partial charge on any atom is -0.366 e. The molecule has 126 valence electrons. The lowest BCUT2D eigenvalue weighted by Crippen LogP contribution is -2.34. The van der Waals surface area contributed by atoms with Gasteiger partial charge in [-0.2, -0.15) is 0 Å². The first kappa shape index (κ1) is 16.2. The Balaban J connectivity index is 1.86. The van der Waals surface area contributed by atoms with Crippen molar-refractivity contribution in [3.8, 4) is 0 Å². The van der Waals surface area contributed by atoms with Gasteiger partial charge in [-0.1, -0.05) is 12.1 Å². The fourth-order valence-corrected chi connectivity index (χ4v) is 2.46. The molecule has 0 bridgehead atoms. The number of primary amides is 1. The van der Waals surface area contributed by atoms with Gasteiger partial charge in [-0.3, -0.25) is 23.9 Å². The molecule has 8 nitrogen and oxygen atoms in total. The maximum absolute atomic E-state index is 12.2. The normalized spacial score (nSPS) is 10.6. The van der Waals surface area contributed by atoms with Crippen LogP contribution in [0.2, 0.25) is 0 Å². The second-order valence-corrected chi connectivity index (χ2v) is 5.35. The number of hydrogen-bond acceptors (Lipinski definition) is 4. The zero-order valence-electron chi connectivity index (χ0n) is 13.0. The summed E-state index contributed by atoms with van der Waals surface area (Å²) in [4.78, 5) is 49.3. The third-order valence-corrected chi connectivity index (χ3v) is 3.66. The van der Waals surface area contributed by atoms with Crippen molar-refractivity contribution in [2.45, 2.75) is 6.54 Å². The van der Waals surface area contributed by atoms with Crippen molar-refractivity contribution >= 4 is 28.4 Å². The van der Waals surface area contributed by atoms with E-state index >= 15 is 0 Å². The predicted molar refractivity (Wildman–Crippen MR) is 92.4 cm³/mol. The molecule has 3 aromatic rings. The first-order valence-electron chi connectivity index (χ1n) is 7.37. The molecule has 0 unspecified atom stereocenters. The number of para-hydroxylation sites is 1. The van der Waals surface area contributed by atoms with Gasteiger partial charge in [-0.05, 0) is 36.4 Å². The van der Waals surface area contributed by atoms with E-state index in [-0.39, 0.29) is 6.54 Å². The lowest BCUT2D eigenvalue weighted by atomic mass is 10.2. The van der Waals surface area contributed by atoms with Crippen LogP contribution in [0.25, 0.3) is 10.9 Å². The number of benzene rings is 2. The second-order valence-electron chi connectivity index (χ2n) is 5.35. The number of carbonyl (C=O) groups is 2. The number of rotatable bonds is 4. The summed E-state index contributed by atoms with van der Waals surface area (Å²) in [6.45, 7) is -0.270. The molecule has 2 amide bonds. The number of H-pyrrole nitrogens is 1. The first-order valence-corrected chi connectivity index (χ1v) is 7.37. The van der Waals surface area contributed by atoms with Crippen molar-refractivity contribution in [3.05, 3.63) is 74.9 Å². The van der Waals surface area contributed by atoms with Gasteiger partial charge >= 0.3 is 5.69 Å². The van der Waals surface area contributed by atoms with E-state index < -0.39 is 23.1 Å². The molecule has 4 N–H and O–H groups in total. The van der Waals surface area contributed by atoms with Gasteiger partial charge in [0.25, 0.3) is 5.56 Å². The third kappa shape index (κ3) is 3.32. The molecule has 0 radical (unpaired) electrons. The maximum Gasteiger partial charge on any atom is 0.329 e. The van der Waals surface area contributed by atoms with Crippen molar-refractivity contribution in [1.29, 1.82) is 0 Å². The Kier molecular flexibility index (Phi) is 4.17. The molecule has 0 spiro atoms. The zero-order chi connectivity index (χ0) is 18.0. The summed E-state index contributed by atoms with van der Waals surface area (Å²) in [6.07, 6.45) is 0. The number of aromatic amines is 1. The van der Waals surface area contributed by atoms with Gasteiger partial charge in [0.1, 0.15) is 6.54 Å². The molecule has 1 aromatic heterocycles. The number of nitrogens with one attached hydrogen (secondary N) is 2. The molecular weight excluding hydrogens is 324 g/mol. The summed E-state index contributed by atoms with van der Waals surface area (Å²) >= 11 is 0. The summed E-state index contributed by atoms with van der Waals surface area (Å²) in [6, 6.07) is 12.6. The molecule has 0 atom stereocenters. The highest BCUT2D eigenvalue weighted by Gasteiger charge is 2.11.